The minimum absolute atomic E-state index is 0. The van der Waals surface area contributed by atoms with Crippen molar-refractivity contribution in [2.24, 2.45) is 0 Å². The molecule has 0 aliphatic heterocycles. The number of hydrogen-bond donors (Lipinski definition) is 0. The van der Waals surface area contributed by atoms with Crippen molar-refractivity contribution >= 4 is 21.5 Å². The lowest BCUT2D eigenvalue weighted by atomic mass is 9.67. The molecule has 0 spiro atoms. The van der Waals surface area contributed by atoms with Gasteiger partial charge in [-0.3, -0.25) is 0 Å². The van der Waals surface area contributed by atoms with Gasteiger partial charge in [-0.1, -0.05) is 166 Å². The van der Waals surface area contributed by atoms with Crippen LogP contribution in [0.4, 0.5) is 0 Å². The van der Waals surface area contributed by atoms with Gasteiger partial charge in [0.15, 0.2) is 0 Å². The van der Waals surface area contributed by atoms with E-state index in [-0.39, 0.29) is 7.43 Å². The Labute approximate surface area is 421 Å². The van der Waals surface area contributed by atoms with E-state index in [1.807, 2.05) is 0 Å². The molecule has 352 valence electrons. The first kappa shape index (κ1) is 45.6. The van der Waals surface area contributed by atoms with Crippen LogP contribution in [0.1, 0.15) is 51.9 Å². The third-order valence-electron chi connectivity index (χ3n) is 14.4. The lowest BCUT2D eigenvalue weighted by Gasteiger charge is -2.34. The van der Waals surface area contributed by atoms with E-state index in [2.05, 4.69) is 232 Å². The number of benzene rings is 10. The molecule has 0 saturated carbocycles. The first-order chi connectivity index (χ1) is 35.1. The van der Waals surface area contributed by atoms with Crippen LogP contribution in [-0.4, -0.2) is 26.4 Å². The zero-order valence-corrected chi connectivity index (χ0v) is 39.2. The van der Waals surface area contributed by atoms with Gasteiger partial charge >= 0.3 is 0 Å². The van der Waals surface area contributed by atoms with Gasteiger partial charge in [-0.15, -0.1) is 0 Å². The predicted molar refractivity (Wildman–Crippen MR) is 293 cm³/mol. The maximum Gasteiger partial charge on any atom is 0.127 e. The van der Waals surface area contributed by atoms with Gasteiger partial charge in [0.05, 0.1) is 23.4 Å². The summed E-state index contributed by atoms with van der Waals surface area (Å²) in [7, 11) is 0. The maximum absolute atomic E-state index is 6.76. The molecule has 0 radical (unpaired) electrons. The highest BCUT2D eigenvalue weighted by Gasteiger charge is 2.48. The monoisotopic (exact) mass is 938 g/mol. The molecule has 72 heavy (non-hydrogen) atoms. The minimum atomic E-state index is -0.613. The summed E-state index contributed by atoms with van der Waals surface area (Å²) in [6.07, 6.45) is 2.88. The normalized spacial score (nSPS) is 15.8. The molecule has 12 rings (SSSR count). The zero-order chi connectivity index (χ0) is 47.8. The van der Waals surface area contributed by atoms with Crippen LogP contribution in [0.2, 0.25) is 0 Å². The van der Waals surface area contributed by atoms with E-state index in [4.69, 9.17) is 23.7 Å². The van der Waals surface area contributed by atoms with Crippen molar-refractivity contribution in [1.82, 2.24) is 0 Å². The Morgan fingerprint density at radius 3 is 1.00 bits per heavy atom. The smallest absolute Gasteiger partial charge is 0.127 e. The van der Waals surface area contributed by atoms with Crippen molar-refractivity contribution in [3.63, 3.8) is 0 Å². The molecule has 5 heteroatoms. The lowest BCUT2D eigenvalue weighted by Crippen LogP contribution is -2.28. The second-order valence-electron chi connectivity index (χ2n) is 18.1. The minimum Gasteiger partial charge on any atom is -0.498 e. The number of rotatable bonds is 16. The standard InChI is InChI=1S/C66H50O5.CH4/c1-3-67-37-39-69-53-29-21-49(22-30-53)65(61-19-11-9-17-57(61)59-41-45-13-5-7-15-47(45)43-63(59)65)51-25-33-55(34-26-51)71-56-35-27-52(28-36-56)66(50-23-31-54(32-24-50)70-40-38-68-4-2)62-20-12-10-18-58(62)60-42-46-14-6-8-16-48(46)44-64(60)66;/h3-36,41-44H,1-2,37-40H2;1H4. The van der Waals surface area contributed by atoms with Gasteiger partial charge in [0.1, 0.15) is 49.4 Å². The van der Waals surface area contributed by atoms with Gasteiger partial charge in [-0.25, -0.2) is 0 Å². The fourth-order valence-corrected chi connectivity index (χ4v) is 11.4. The van der Waals surface area contributed by atoms with E-state index < -0.39 is 10.8 Å². The second kappa shape index (κ2) is 19.2. The summed E-state index contributed by atoms with van der Waals surface area (Å²) in [6.45, 7) is 9.01. The van der Waals surface area contributed by atoms with Gasteiger partial charge in [-0.05, 0) is 161 Å². The highest BCUT2D eigenvalue weighted by Crippen LogP contribution is 2.59. The summed E-state index contributed by atoms with van der Waals surface area (Å²) >= 11 is 0. The van der Waals surface area contributed by atoms with E-state index in [1.165, 1.54) is 78.6 Å². The number of hydrogen-bond acceptors (Lipinski definition) is 5. The molecule has 2 unspecified atom stereocenters. The van der Waals surface area contributed by atoms with Crippen LogP contribution in [0.5, 0.6) is 23.0 Å². The first-order valence-corrected chi connectivity index (χ1v) is 24.2. The molecule has 5 nitrogen and oxygen atoms in total. The highest BCUT2D eigenvalue weighted by atomic mass is 16.5. The molecule has 0 bridgehead atoms. The van der Waals surface area contributed by atoms with Gasteiger partial charge in [0.25, 0.3) is 0 Å². The van der Waals surface area contributed by atoms with E-state index in [9.17, 15) is 0 Å². The molecule has 0 N–H and O–H groups in total. The molecule has 0 saturated heterocycles. The van der Waals surface area contributed by atoms with Crippen molar-refractivity contribution in [3.8, 4) is 45.3 Å². The molecule has 10 aromatic carbocycles. The second-order valence-corrected chi connectivity index (χ2v) is 18.1. The average molecular weight is 939 g/mol. The number of ether oxygens (including phenoxy) is 5. The summed E-state index contributed by atoms with van der Waals surface area (Å²) in [5.41, 5.74) is 13.2. The summed E-state index contributed by atoms with van der Waals surface area (Å²) in [4.78, 5) is 0. The Hall–Kier alpha value is -8.80. The SMILES string of the molecule is C.C=COCCOc1ccc(C2(c3ccc(Oc4ccc(C5(c6ccc(OCCOC=C)cc6)c6ccccc6-c6cc7ccccc7cc65)cc4)cc3)c3ccccc3-c3cc4ccccc4cc32)cc1. The molecule has 10 aromatic rings. The van der Waals surface area contributed by atoms with Crippen molar-refractivity contribution in [2.75, 3.05) is 26.4 Å². The van der Waals surface area contributed by atoms with Gasteiger partial charge in [-0.2, -0.15) is 0 Å². The van der Waals surface area contributed by atoms with Gasteiger partial charge in [0.2, 0.25) is 0 Å². The van der Waals surface area contributed by atoms with Crippen LogP contribution in [0.15, 0.2) is 244 Å². The Bertz CT molecular complexity index is 3360. The molecular weight excluding hydrogens is 885 g/mol. The van der Waals surface area contributed by atoms with Gasteiger partial charge in [0, 0.05) is 0 Å². The van der Waals surface area contributed by atoms with Crippen LogP contribution < -0.4 is 14.2 Å². The zero-order valence-electron chi connectivity index (χ0n) is 39.2. The van der Waals surface area contributed by atoms with Crippen LogP contribution in [0, 0.1) is 0 Å². The summed E-state index contributed by atoms with van der Waals surface area (Å²) in [5, 5.41) is 4.83. The molecule has 2 aliphatic rings. The molecule has 0 aromatic heterocycles. The van der Waals surface area contributed by atoms with Crippen LogP contribution in [-0.2, 0) is 20.3 Å². The Morgan fingerprint density at radius 2 is 0.639 bits per heavy atom. The summed E-state index contributed by atoms with van der Waals surface area (Å²) < 4.78 is 29.5. The predicted octanol–water partition coefficient (Wildman–Crippen LogP) is 16.2. The highest BCUT2D eigenvalue weighted by molar-refractivity contribution is 5.97. The Morgan fingerprint density at radius 1 is 0.319 bits per heavy atom. The maximum atomic E-state index is 6.76. The van der Waals surface area contributed by atoms with Crippen molar-refractivity contribution < 1.29 is 23.7 Å². The fourth-order valence-electron chi connectivity index (χ4n) is 11.4. The van der Waals surface area contributed by atoms with Crippen molar-refractivity contribution in [1.29, 1.82) is 0 Å². The molecule has 0 heterocycles. The van der Waals surface area contributed by atoms with Crippen LogP contribution in [0.25, 0.3) is 43.8 Å². The van der Waals surface area contributed by atoms with Crippen LogP contribution in [0.3, 0.4) is 0 Å². The molecule has 0 fully saturated rings. The van der Waals surface area contributed by atoms with Crippen molar-refractivity contribution in [3.05, 3.63) is 289 Å². The van der Waals surface area contributed by atoms with E-state index in [0.29, 0.717) is 26.4 Å². The quantitative estimate of drug-likeness (QED) is 0.0713. The van der Waals surface area contributed by atoms with Crippen LogP contribution >= 0.6 is 0 Å². The average Bonchev–Trinajstić information content (AvgIpc) is 3.87. The van der Waals surface area contributed by atoms with E-state index in [0.717, 1.165) is 45.3 Å². The molecule has 2 atom stereocenters. The molecular formula is C67H54O5. The summed E-state index contributed by atoms with van der Waals surface area (Å²) in [6, 6.07) is 78.8. The molecule has 2 aliphatic carbocycles. The molecule has 0 amide bonds. The topological polar surface area (TPSA) is 46.2 Å². The summed E-state index contributed by atoms with van der Waals surface area (Å²) in [5.74, 6) is 3.06. The Kier molecular flexibility index (Phi) is 12.2. The number of fused-ring (bicyclic) bond motifs is 8. The van der Waals surface area contributed by atoms with E-state index in [1.54, 1.807) is 0 Å². The lowest BCUT2D eigenvalue weighted by molar-refractivity contribution is 0.179. The van der Waals surface area contributed by atoms with Crippen molar-refractivity contribution in [2.45, 2.75) is 18.3 Å². The fraction of sp³-hybridized carbons (Fsp3) is 0.104. The third kappa shape index (κ3) is 7.57. The Balaban J connectivity index is 0.00000560. The largest absolute Gasteiger partial charge is 0.498 e. The van der Waals surface area contributed by atoms with Gasteiger partial charge < -0.3 is 23.7 Å². The third-order valence-corrected chi connectivity index (χ3v) is 14.4. The first-order valence-electron chi connectivity index (χ1n) is 24.2. The van der Waals surface area contributed by atoms with E-state index >= 15 is 0 Å².